The van der Waals surface area contributed by atoms with Crippen LogP contribution in [0.15, 0.2) is 22.7 Å². The van der Waals surface area contributed by atoms with Gasteiger partial charge >= 0.3 is 0 Å². The van der Waals surface area contributed by atoms with E-state index in [0.29, 0.717) is 6.04 Å². The lowest BCUT2D eigenvalue weighted by atomic mass is 9.97. The van der Waals surface area contributed by atoms with Gasteiger partial charge < -0.3 is 5.32 Å². The molecule has 19 heavy (non-hydrogen) atoms. The fraction of sp³-hybridized carbons (Fsp3) is 0.625. The third-order valence-corrected chi connectivity index (χ3v) is 5.12. The lowest BCUT2D eigenvalue weighted by molar-refractivity contribution is 0.330. The molecule has 2 heterocycles. The lowest BCUT2D eigenvalue weighted by Crippen LogP contribution is -2.26. The van der Waals surface area contributed by atoms with Gasteiger partial charge in [0.2, 0.25) is 0 Å². The van der Waals surface area contributed by atoms with E-state index in [1.165, 1.54) is 60.8 Å². The minimum absolute atomic E-state index is 0.561. The number of nitrogens with one attached hydrogen (secondary N) is 1. The van der Waals surface area contributed by atoms with E-state index in [2.05, 4.69) is 44.3 Å². The molecular formula is C16H23BrN2. The van der Waals surface area contributed by atoms with E-state index in [-0.39, 0.29) is 0 Å². The molecule has 104 valence electrons. The van der Waals surface area contributed by atoms with E-state index in [1.54, 1.807) is 0 Å². The van der Waals surface area contributed by atoms with Gasteiger partial charge in [0, 0.05) is 17.1 Å². The van der Waals surface area contributed by atoms with Crippen molar-refractivity contribution in [3.63, 3.8) is 0 Å². The predicted molar refractivity (Wildman–Crippen MR) is 83.2 cm³/mol. The summed E-state index contributed by atoms with van der Waals surface area (Å²) in [6.45, 7) is 4.79. The maximum absolute atomic E-state index is 3.77. The minimum atomic E-state index is 0.561. The molecule has 2 aliphatic rings. The van der Waals surface area contributed by atoms with Gasteiger partial charge in [-0.3, -0.25) is 4.90 Å². The SMILES string of the molecule is Brc1cc(C2CCCCN2)ccc1CN1CCCC1. The first-order chi connectivity index (χ1) is 9.33. The predicted octanol–water partition coefficient (Wildman–Crippen LogP) is 3.86. The maximum atomic E-state index is 3.77. The smallest absolute Gasteiger partial charge is 0.0320 e. The molecule has 2 fully saturated rings. The minimum Gasteiger partial charge on any atom is -0.310 e. The second kappa shape index (κ2) is 6.38. The molecule has 0 radical (unpaired) electrons. The van der Waals surface area contributed by atoms with Gasteiger partial charge in [0.25, 0.3) is 0 Å². The molecule has 0 amide bonds. The summed E-state index contributed by atoms with van der Waals surface area (Å²) in [5, 5.41) is 3.62. The highest BCUT2D eigenvalue weighted by molar-refractivity contribution is 9.10. The molecule has 0 bridgehead atoms. The Hall–Kier alpha value is -0.380. The number of likely N-dealkylation sites (tertiary alicyclic amines) is 1. The highest BCUT2D eigenvalue weighted by Gasteiger charge is 2.17. The van der Waals surface area contributed by atoms with Gasteiger partial charge in [-0.1, -0.05) is 34.5 Å². The summed E-state index contributed by atoms with van der Waals surface area (Å²) in [5.41, 5.74) is 2.87. The molecule has 2 saturated heterocycles. The Morgan fingerprint density at radius 3 is 2.68 bits per heavy atom. The quantitative estimate of drug-likeness (QED) is 0.909. The molecule has 2 nitrogen and oxygen atoms in total. The number of benzene rings is 1. The van der Waals surface area contributed by atoms with Gasteiger partial charge in [0.05, 0.1) is 0 Å². The van der Waals surface area contributed by atoms with Crippen molar-refractivity contribution in [2.24, 2.45) is 0 Å². The molecule has 2 aliphatic heterocycles. The van der Waals surface area contributed by atoms with Crippen LogP contribution in [0.3, 0.4) is 0 Å². The topological polar surface area (TPSA) is 15.3 Å². The van der Waals surface area contributed by atoms with Crippen LogP contribution in [0.1, 0.15) is 49.3 Å². The number of halogens is 1. The zero-order valence-corrected chi connectivity index (χ0v) is 13.1. The van der Waals surface area contributed by atoms with E-state index < -0.39 is 0 Å². The first-order valence-corrected chi connectivity index (χ1v) is 8.36. The summed E-state index contributed by atoms with van der Waals surface area (Å²) in [7, 11) is 0. The van der Waals surface area contributed by atoms with Crippen LogP contribution in [0, 0.1) is 0 Å². The Morgan fingerprint density at radius 2 is 2.00 bits per heavy atom. The van der Waals surface area contributed by atoms with E-state index in [4.69, 9.17) is 0 Å². The second-order valence-corrected chi connectivity index (χ2v) is 6.69. The lowest BCUT2D eigenvalue weighted by Gasteiger charge is -2.24. The maximum Gasteiger partial charge on any atom is 0.0320 e. The largest absolute Gasteiger partial charge is 0.310 e. The number of rotatable bonds is 3. The Balaban J connectivity index is 1.69. The highest BCUT2D eigenvalue weighted by atomic mass is 79.9. The molecule has 3 heteroatoms. The third kappa shape index (κ3) is 3.39. The van der Waals surface area contributed by atoms with Gasteiger partial charge in [-0.05, 0) is 62.5 Å². The summed E-state index contributed by atoms with van der Waals surface area (Å²) in [4.78, 5) is 2.55. The van der Waals surface area contributed by atoms with Crippen LogP contribution in [0.2, 0.25) is 0 Å². The van der Waals surface area contributed by atoms with Crippen molar-refractivity contribution in [1.82, 2.24) is 10.2 Å². The Labute approximate surface area is 124 Å². The molecular weight excluding hydrogens is 300 g/mol. The number of hydrogen-bond donors (Lipinski definition) is 1. The van der Waals surface area contributed by atoms with E-state index >= 15 is 0 Å². The average Bonchev–Trinajstić information content (AvgIpc) is 2.95. The number of nitrogens with zero attached hydrogens (tertiary/aromatic N) is 1. The highest BCUT2D eigenvalue weighted by Crippen LogP contribution is 2.28. The van der Waals surface area contributed by atoms with Crippen molar-refractivity contribution in [2.75, 3.05) is 19.6 Å². The van der Waals surface area contributed by atoms with Crippen LogP contribution in [-0.4, -0.2) is 24.5 Å². The van der Waals surface area contributed by atoms with Crippen LogP contribution in [0.5, 0.6) is 0 Å². The van der Waals surface area contributed by atoms with Crippen molar-refractivity contribution < 1.29 is 0 Å². The molecule has 1 aromatic rings. The van der Waals surface area contributed by atoms with Gasteiger partial charge in [0.1, 0.15) is 0 Å². The zero-order valence-electron chi connectivity index (χ0n) is 11.5. The van der Waals surface area contributed by atoms with Crippen molar-refractivity contribution in [3.8, 4) is 0 Å². The van der Waals surface area contributed by atoms with Gasteiger partial charge in [-0.2, -0.15) is 0 Å². The van der Waals surface area contributed by atoms with Crippen molar-refractivity contribution >= 4 is 15.9 Å². The fourth-order valence-electron chi connectivity index (χ4n) is 3.23. The van der Waals surface area contributed by atoms with Crippen molar-refractivity contribution in [2.45, 2.75) is 44.7 Å². The monoisotopic (exact) mass is 322 g/mol. The Bertz CT molecular complexity index is 421. The molecule has 0 saturated carbocycles. The average molecular weight is 323 g/mol. The molecule has 3 rings (SSSR count). The van der Waals surface area contributed by atoms with Crippen LogP contribution in [0.4, 0.5) is 0 Å². The van der Waals surface area contributed by atoms with Gasteiger partial charge in [-0.15, -0.1) is 0 Å². The van der Waals surface area contributed by atoms with Gasteiger partial charge in [-0.25, -0.2) is 0 Å². The van der Waals surface area contributed by atoms with Crippen LogP contribution >= 0.6 is 15.9 Å². The van der Waals surface area contributed by atoms with Crippen LogP contribution < -0.4 is 5.32 Å². The standard InChI is InChI=1S/C16H23BrN2/c17-15-11-13(16-5-1-2-8-18-16)6-7-14(15)12-19-9-3-4-10-19/h6-7,11,16,18H,1-5,8-10,12H2. The summed E-state index contributed by atoms with van der Waals surface area (Å²) in [6, 6.07) is 7.52. The second-order valence-electron chi connectivity index (χ2n) is 5.84. The molecule has 1 aromatic carbocycles. The number of hydrogen-bond acceptors (Lipinski definition) is 2. The molecule has 1 N–H and O–H groups in total. The molecule has 0 spiro atoms. The van der Waals surface area contributed by atoms with E-state index in [0.717, 1.165) is 13.1 Å². The molecule has 0 aliphatic carbocycles. The van der Waals surface area contributed by atoms with E-state index in [1.807, 2.05) is 0 Å². The fourth-order valence-corrected chi connectivity index (χ4v) is 3.75. The molecule has 1 atom stereocenters. The molecule has 1 unspecified atom stereocenters. The van der Waals surface area contributed by atoms with Crippen LogP contribution in [-0.2, 0) is 6.54 Å². The van der Waals surface area contributed by atoms with Crippen molar-refractivity contribution in [1.29, 1.82) is 0 Å². The van der Waals surface area contributed by atoms with Gasteiger partial charge in [0.15, 0.2) is 0 Å². The Morgan fingerprint density at radius 1 is 1.16 bits per heavy atom. The zero-order chi connectivity index (χ0) is 13.1. The van der Waals surface area contributed by atoms with E-state index in [9.17, 15) is 0 Å². The molecule has 0 aromatic heterocycles. The summed E-state index contributed by atoms with van der Waals surface area (Å²) in [6.07, 6.45) is 6.68. The third-order valence-electron chi connectivity index (χ3n) is 4.38. The first-order valence-electron chi connectivity index (χ1n) is 7.57. The van der Waals surface area contributed by atoms with Crippen molar-refractivity contribution in [3.05, 3.63) is 33.8 Å². The van der Waals surface area contributed by atoms with Crippen LogP contribution in [0.25, 0.3) is 0 Å². The number of piperidine rings is 1. The first kappa shape index (κ1) is 13.6. The summed E-state index contributed by atoms with van der Waals surface area (Å²) in [5.74, 6) is 0. The Kier molecular flexibility index (Phi) is 4.57. The summed E-state index contributed by atoms with van der Waals surface area (Å²) < 4.78 is 1.28. The normalized spacial score (nSPS) is 24.8. The summed E-state index contributed by atoms with van der Waals surface area (Å²) >= 11 is 3.77.